The molecule has 0 radical (unpaired) electrons. The molecular weight excluding hydrogens is 238 g/mol. The van der Waals surface area contributed by atoms with Gasteiger partial charge in [0.15, 0.2) is 0 Å². The minimum atomic E-state index is 0.217. The van der Waals surface area contributed by atoms with Gasteiger partial charge in [-0.05, 0) is 38.2 Å². The first kappa shape index (κ1) is 11.7. The summed E-state index contributed by atoms with van der Waals surface area (Å²) < 4.78 is 11.7. The molecule has 1 aliphatic carbocycles. The smallest absolute Gasteiger partial charge is 0.124 e. The van der Waals surface area contributed by atoms with Gasteiger partial charge in [0.25, 0.3) is 0 Å². The molecule has 2 atom stereocenters. The zero-order chi connectivity index (χ0) is 12.7. The lowest BCUT2D eigenvalue weighted by Gasteiger charge is -2.47. The van der Waals surface area contributed by atoms with Crippen molar-refractivity contribution in [1.29, 1.82) is 0 Å². The van der Waals surface area contributed by atoms with Crippen molar-refractivity contribution in [3.63, 3.8) is 0 Å². The Kier molecular flexibility index (Phi) is 2.78. The molecule has 0 aromatic heterocycles. The number of rotatable bonds is 2. The number of hydrogen-bond acceptors (Lipinski definition) is 3. The lowest BCUT2D eigenvalue weighted by molar-refractivity contribution is -0.136. The van der Waals surface area contributed by atoms with Crippen LogP contribution >= 0.6 is 0 Å². The Bertz CT molecular complexity index is 470. The molecule has 102 valence electrons. The van der Waals surface area contributed by atoms with Gasteiger partial charge in [0.05, 0.1) is 11.6 Å². The highest BCUT2D eigenvalue weighted by Crippen LogP contribution is 2.43. The summed E-state index contributed by atoms with van der Waals surface area (Å²) in [6.07, 6.45) is 6.14. The van der Waals surface area contributed by atoms with E-state index in [1.807, 2.05) is 6.07 Å². The molecule has 1 spiro atoms. The second-order valence-corrected chi connectivity index (χ2v) is 6.14. The molecular formula is C16H21NO2. The van der Waals surface area contributed by atoms with Crippen molar-refractivity contribution in [2.24, 2.45) is 0 Å². The van der Waals surface area contributed by atoms with E-state index in [1.54, 1.807) is 0 Å². The number of hydrogen-bond donors (Lipinski definition) is 1. The SMILES string of the molecule is c1ccc2c(c1)OCC2NC1CCOC2(CCC2)C1. The van der Waals surface area contributed by atoms with Crippen LogP contribution in [0.5, 0.6) is 5.75 Å². The number of nitrogens with one attached hydrogen (secondary N) is 1. The van der Waals surface area contributed by atoms with Gasteiger partial charge in [-0.3, -0.25) is 0 Å². The number of fused-ring (bicyclic) bond motifs is 1. The zero-order valence-corrected chi connectivity index (χ0v) is 11.2. The molecule has 1 saturated carbocycles. The highest BCUT2D eigenvalue weighted by atomic mass is 16.5. The third-order valence-corrected chi connectivity index (χ3v) is 4.89. The van der Waals surface area contributed by atoms with E-state index in [2.05, 4.69) is 23.5 Å². The minimum Gasteiger partial charge on any atom is -0.491 e. The van der Waals surface area contributed by atoms with Gasteiger partial charge in [-0.25, -0.2) is 0 Å². The van der Waals surface area contributed by atoms with Crippen LogP contribution in [0.4, 0.5) is 0 Å². The van der Waals surface area contributed by atoms with Crippen molar-refractivity contribution >= 4 is 0 Å². The Labute approximate surface area is 114 Å². The van der Waals surface area contributed by atoms with Gasteiger partial charge in [0.2, 0.25) is 0 Å². The van der Waals surface area contributed by atoms with E-state index in [9.17, 15) is 0 Å². The van der Waals surface area contributed by atoms with E-state index in [-0.39, 0.29) is 5.60 Å². The Morgan fingerprint density at radius 2 is 2.11 bits per heavy atom. The van der Waals surface area contributed by atoms with E-state index < -0.39 is 0 Å². The van der Waals surface area contributed by atoms with Crippen LogP contribution in [0.1, 0.15) is 43.7 Å². The van der Waals surface area contributed by atoms with Crippen LogP contribution in [0, 0.1) is 0 Å². The molecule has 2 aliphatic heterocycles. The van der Waals surface area contributed by atoms with Gasteiger partial charge < -0.3 is 14.8 Å². The van der Waals surface area contributed by atoms with Crippen LogP contribution in [-0.4, -0.2) is 24.9 Å². The van der Waals surface area contributed by atoms with Gasteiger partial charge in [0, 0.05) is 18.2 Å². The van der Waals surface area contributed by atoms with Gasteiger partial charge >= 0.3 is 0 Å². The van der Waals surface area contributed by atoms with Gasteiger partial charge in [0.1, 0.15) is 12.4 Å². The first-order valence-electron chi connectivity index (χ1n) is 7.46. The summed E-state index contributed by atoms with van der Waals surface area (Å²) in [6, 6.07) is 9.32. The highest BCUT2D eigenvalue weighted by Gasteiger charge is 2.43. The van der Waals surface area contributed by atoms with Crippen molar-refractivity contribution < 1.29 is 9.47 Å². The van der Waals surface area contributed by atoms with Crippen LogP contribution < -0.4 is 10.1 Å². The largest absolute Gasteiger partial charge is 0.491 e. The first-order chi connectivity index (χ1) is 9.35. The predicted molar refractivity (Wildman–Crippen MR) is 73.4 cm³/mol. The highest BCUT2D eigenvalue weighted by molar-refractivity contribution is 5.39. The Morgan fingerprint density at radius 3 is 2.95 bits per heavy atom. The summed E-state index contributed by atoms with van der Waals surface area (Å²) in [6.45, 7) is 1.68. The van der Waals surface area contributed by atoms with E-state index in [0.717, 1.165) is 25.4 Å². The van der Waals surface area contributed by atoms with Crippen molar-refractivity contribution in [2.75, 3.05) is 13.2 Å². The lowest BCUT2D eigenvalue weighted by Crippen LogP contribution is -2.51. The van der Waals surface area contributed by atoms with Crippen LogP contribution in [0.3, 0.4) is 0 Å². The van der Waals surface area contributed by atoms with E-state index in [0.29, 0.717) is 12.1 Å². The van der Waals surface area contributed by atoms with E-state index in [4.69, 9.17) is 9.47 Å². The maximum Gasteiger partial charge on any atom is 0.124 e. The van der Waals surface area contributed by atoms with E-state index in [1.165, 1.54) is 31.2 Å². The molecule has 0 bridgehead atoms. The van der Waals surface area contributed by atoms with Crippen LogP contribution in [0.15, 0.2) is 24.3 Å². The molecule has 2 heterocycles. The quantitative estimate of drug-likeness (QED) is 0.886. The molecule has 2 unspecified atom stereocenters. The third kappa shape index (κ3) is 2.05. The predicted octanol–water partition coefficient (Wildman–Crippen LogP) is 2.81. The molecule has 3 heteroatoms. The van der Waals surface area contributed by atoms with Crippen LogP contribution in [-0.2, 0) is 4.74 Å². The second-order valence-electron chi connectivity index (χ2n) is 6.14. The maximum absolute atomic E-state index is 5.99. The normalized spacial score (nSPS) is 31.6. The van der Waals surface area contributed by atoms with Crippen molar-refractivity contribution in [3.05, 3.63) is 29.8 Å². The summed E-state index contributed by atoms with van der Waals surface area (Å²) in [5.41, 5.74) is 1.53. The summed E-state index contributed by atoms with van der Waals surface area (Å²) in [5.74, 6) is 1.05. The fourth-order valence-corrected chi connectivity index (χ4v) is 3.67. The van der Waals surface area contributed by atoms with Crippen molar-refractivity contribution in [3.8, 4) is 5.75 Å². The number of benzene rings is 1. The molecule has 1 aromatic carbocycles. The Hall–Kier alpha value is -1.06. The molecule has 3 nitrogen and oxygen atoms in total. The average Bonchev–Trinajstić information content (AvgIpc) is 2.81. The standard InChI is InChI=1S/C16H21NO2/c1-2-5-15-13(4-1)14(11-18-15)17-12-6-9-19-16(10-12)7-3-8-16/h1-2,4-5,12,14,17H,3,6-11H2. The second kappa shape index (κ2) is 4.50. The third-order valence-electron chi connectivity index (χ3n) is 4.89. The monoisotopic (exact) mass is 259 g/mol. The van der Waals surface area contributed by atoms with Gasteiger partial charge in [-0.2, -0.15) is 0 Å². The Morgan fingerprint density at radius 1 is 1.21 bits per heavy atom. The summed E-state index contributed by atoms with van der Waals surface area (Å²) >= 11 is 0. The molecule has 1 N–H and O–H groups in total. The Balaban J connectivity index is 1.45. The fraction of sp³-hybridized carbons (Fsp3) is 0.625. The van der Waals surface area contributed by atoms with Gasteiger partial charge in [-0.1, -0.05) is 18.2 Å². The molecule has 1 aromatic rings. The molecule has 19 heavy (non-hydrogen) atoms. The first-order valence-corrected chi connectivity index (χ1v) is 7.46. The van der Waals surface area contributed by atoms with Gasteiger partial charge in [-0.15, -0.1) is 0 Å². The topological polar surface area (TPSA) is 30.5 Å². The lowest BCUT2D eigenvalue weighted by atomic mass is 9.74. The molecule has 1 saturated heterocycles. The van der Waals surface area contributed by atoms with Crippen LogP contribution in [0.25, 0.3) is 0 Å². The molecule has 4 rings (SSSR count). The average molecular weight is 259 g/mol. The zero-order valence-electron chi connectivity index (χ0n) is 11.2. The van der Waals surface area contributed by atoms with Crippen molar-refractivity contribution in [2.45, 2.75) is 49.8 Å². The molecule has 0 amide bonds. The summed E-state index contributed by atoms with van der Waals surface area (Å²) in [4.78, 5) is 0. The molecule has 2 fully saturated rings. The molecule has 3 aliphatic rings. The van der Waals surface area contributed by atoms with Crippen molar-refractivity contribution in [1.82, 2.24) is 5.32 Å². The summed E-state index contributed by atoms with van der Waals surface area (Å²) in [5, 5.41) is 3.79. The fourth-order valence-electron chi connectivity index (χ4n) is 3.67. The minimum absolute atomic E-state index is 0.217. The van der Waals surface area contributed by atoms with Crippen LogP contribution in [0.2, 0.25) is 0 Å². The maximum atomic E-state index is 5.99. The summed E-state index contributed by atoms with van der Waals surface area (Å²) in [7, 11) is 0. The number of para-hydroxylation sites is 1. The van der Waals surface area contributed by atoms with E-state index >= 15 is 0 Å². The number of ether oxygens (including phenoxy) is 2.